The Bertz CT molecular complexity index is 740. The monoisotopic (exact) mass is 369 g/mol. The Morgan fingerprint density at radius 3 is 2.44 bits per heavy atom. The second-order valence-corrected chi connectivity index (χ2v) is 8.41. The second kappa shape index (κ2) is 7.92. The molecule has 1 aliphatic rings. The highest BCUT2D eigenvalue weighted by molar-refractivity contribution is 7.89. The highest BCUT2D eigenvalue weighted by Gasteiger charge is 2.30. The summed E-state index contributed by atoms with van der Waals surface area (Å²) in [5.74, 6) is 0.487. The van der Waals surface area contributed by atoms with Crippen LogP contribution >= 0.6 is 0 Å². The molecule has 1 saturated heterocycles. The van der Waals surface area contributed by atoms with Crippen molar-refractivity contribution in [3.8, 4) is 0 Å². The van der Waals surface area contributed by atoms with Crippen molar-refractivity contribution in [2.45, 2.75) is 31.6 Å². The molecule has 0 spiro atoms. The standard InChI is InChI=1S/C16H23N3O5S/c1-13(2)6-7-16(20)17-8-10-18(11-9-17)25(23,24)15-5-3-4-14(12-15)19(21)22/h3-5,12-13H,6-11H2,1-2H3. The molecule has 1 amide bonds. The van der Waals surface area contributed by atoms with Crippen LogP contribution in [0, 0.1) is 16.0 Å². The number of nitro groups is 1. The van der Waals surface area contributed by atoms with Crippen LogP contribution < -0.4 is 0 Å². The summed E-state index contributed by atoms with van der Waals surface area (Å²) in [6.07, 6.45) is 1.28. The van der Waals surface area contributed by atoms with Crippen molar-refractivity contribution >= 4 is 21.6 Å². The molecule has 9 heteroatoms. The number of carbonyl (C=O) groups is 1. The molecule has 0 atom stereocenters. The molecule has 0 N–H and O–H groups in total. The molecule has 8 nitrogen and oxygen atoms in total. The molecular formula is C16H23N3O5S. The van der Waals surface area contributed by atoms with Gasteiger partial charge in [0.15, 0.2) is 0 Å². The summed E-state index contributed by atoms with van der Waals surface area (Å²) < 4.78 is 26.6. The van der Waals surface area contributed by atoms with Crippen LogP contribution in [0.15, 0.2) is 29.2 Å². The zero-order valence-electron chi connectivity index (χ0n) is 14.4. The van der Waals surface area contributed by atoms with Gasteiger partial charge in [-0.1, -0.05) is 19.9 Å². The molecule has 1 fully saturated rings. The number of amides is 1. The van der Waals surface area contributed by atoms with Crippen LogP contribution in [-0.4, -0.2) is 54.6 Å². The van der Waals surface area contributed by atoms with Gasteiger partial charge < -0.3 is 4.90 Å². The molecule has 0 aliphatic carbocycles. The van der Waals surface area contributed by atoms with Gasteiger partial charge in [-0.25, -0.2) is 8.42 Å². The Kier molecular flexibility index (Phi) is 6.12. The highest BCUT2D eigenvalue weighted by atomic mass is 32.2. The van der Waals surface area contributed by atoms with Crippen molar-refractivity contribution in [2.24, 2.45) is 5.92 Å². The fourth-order valence-electron chi connectivity index (χ4n) is 2.65. The van der Waals surface area contributed by atoms with Gasteiger partial charge in [-0.05, 0) is 18.4 Å². The lowest BCUT2D eigenvalue weighted by Crippen LogP contribution is -2.50. The summed E-state index contributed by atoms with van der Waals surface area (Å²) in [6, 6.07) is 5.03. The van der Waals surface area contributed by atoms with Gasteiger partial charge >= 0.3 is 0 Å². The number of rotatable bonds is 6. The predicted octanol–water partition coefficient (Wildman–Crippen LogP) is 1.86. The Balaban J connectivity index is 2.03. The lowest BCUT2D eigenvalue weighted by atomic mass is 10.1. The number of sulfonamides is 1. The number of hydrogen-bond acceptors (Lipinski definition) is 5. The quantitative estimate of drug-likeness (QED) is 0.563. The summed E-state index contributed by atoms with van der Waals surface area (Å²) in [6.45, 7) is 5.17. The second-order valence-electron chi connectivity index (χ2n) is 6.47. The fourth-order valence-corrected chi connectivity index (χ4v) is 4.12. The minimum Gasteiger partial charge on any atom is -0.340 e. The number of piperazine rings is 1. The Morgan fingerprint density at radius 1 is 1.24 bits per heavy atom. The molecule has 0 saturated carbocycles. The number of nitrogens with zero attached hydrogens (tertiary/aromatic N) is 3. The lowest BCUT2D eigenvalue weighted by Gasteiger charge is -2.34. The molecule has 0 radical (unpaired) electrons. The largest absolute Gasteiger partial charge is 0.340 e. The van der Waals surface area contributed by atoms with E-state index in [-0.39, 0.29) is 29.6 Å². The van der Waals surface area contributed by atoms with Crippen LogP contribution in [0.1, 0.15) is 26.7 Å². The summed E-state index contributed by atoms with van der Waals surface area (Å²) >= 11 is 0. The van der Waals surface area contributed by atoms with Gasteiger partial charge in [0, 0.05) is 44.7 Å². The van der Waals surface area contributed by atoms with E-state index in [1.54, 1.807) is 4.90 Å². The maximum absolute atomic E-state index is 12.7. The number of non-ortho nitro benzene ring substituents is 1. The first-order chi connectivity index (χ1) is 11.7. The third kappa shape index (κ3) is 4.76. The summed E-state index contributed by atoms with van der Waals surface area (Å²) in [4.78, 5) is 23.9. The van der Waals surface area contributed by atoms with E-state index in [0.29, 0.717) is 25.4 Å². The highest BCUT2D eigenvalue weighted by Crippen LogP contribution is 2.22. The van der Waals surface area contributed by atoms with E-state index in [1.165, 1.54) is 22.5 Å². The predicted molar refractivity (Wildman–Crippen MR) is 92.5 cm³/mol. The van der Waals surface area contributed by atoms with E-state index in [9.17, 15) is 23.3 Å². The maximum Gasteiger partial charge on any atom is 0.270 e. The SMILES string of the molecule is CC(C)CCC(=O)N1CCN(S(=O)(=O)c2cccc([N+](=O)[O-])c2)CC1. The minimum absolute atomic E-state index is 0.0427. The van der Waals surface area contributed by atoms with Crippen LogP contribution in [0.25, 0.3) is 0 Å². The maximum atomic E-state index is 12.7. The third-order valence-corrected chi connectivity index (χ3v) is 6.09. The molecule has 2 rings (SSSR count). The van der Waals surface area contributed by atoms with Crippen molar-refractivity contribution in [1.29, 1.82) is 0 Å². The van der Waals surface area contributed by atoms with E-state index in [2.05, 4.69) is 13.8 Å². The van der Waals surface area contributed by atoms with Crippen molar-refractivity contribution in [3.05, 3.63) is 34.4 Å². The first-order valence-corrected chi connectivity index (χ1v) is 9.68. The Morgan fingerprint density at radius 2 is 1.88 bits per heavy atom. The summed E-state index contributed by atoms with van der Waals surface area (Å²) in [5.41, 5.74) is -0.261. The van der Waals surface area contributed by atoms with E-state index in [4.69, 9.17) is 0 Å². The molecule has 25 heavy (non-hydrogen) atoms. The van der Waals surface area contributed by atoms with E-state index in [1.807, 2.05) is 0 Å². The normalized spacial score (nSPS) is 16.2. The zero-order valence-corrected chi connectivity index (χ0v) is 15.2. The minimum atomic E-state index is -3.80. The molecule has 1 aliphatic heterocycles. The van der Waals surface area contributed by atoms with E-state index >= 15 is 0 Å². The third-order valence-electron chi connectivity index (χ3n) is 4.19. The van der Waals surface area contributed by atoms with Gasteiger partial charge in [0.25, 0.3) is 5.69 Å². The Hall–Kier alpha value is -2.00. The smallest absolute Gasteiger partial charge is 0.270 e. The van der Waals surface area contributed by atoms with E-state index < -0.39 is 14.9 Å². The first kappa shape index (κ1) is 19.3. The van der Waals surface area contributed by atoms with Gasteiger partial charge in [0.1, 0.15) is 0 Å². The molecule has 1 aromatic carbocycles. The topological polar surface area (TPSA) is 101 Å². The molecular weight excluding hydrogens is 346 g/mol. The van der Waals surface area contributed by atoms with Crippen LogP contribution in [0.4, 0.5) is 5.69 Å². The summed E-state index contributed by atoms with van der Waals surface area (Å²) in [7, 11) is -3.80. The van der Waals surface area contributed by atoms with Crippen molar-refractivity contribution < 1.29 is 18.1 Å². The van der Waals surface area contributed by atoms with Crippen LogP contribution in [0.3, 0.4) is 0 Å². The number of benzene rings is 1. The molecule has 0 bridgehead atoms. The van der Waals surface area contributed by atoms with Crippen LogP contribution in [0.5, 0.6) is 0 Å². The molecule has 0 aromatic heterocycles. The number of carbonyl (C=O) groups excluding carboxylic acids is 1. The van der Waals surface area contributed by atoms with Gasteiger partial charge in [0.05, 0.1) is 9.82 Å². The first-order valence-electron chi connectivity index (χ1n) is 8.24. The number of nitro benzene ring substituents is 1. The molecule has 138 valence electrons. The van der Waals surface area contributed by atoms with Crippen molar-refractivity contribution in [1.82, 2.24) is 9.21 Å². The Labute approximate surface area is 147 Å². The molecule has 1 aromatic rings. The average molecular weight is 369 g/mol. The van der Waals surface area contributed by atoms with Gasteiger partial charge in [-0.15, -0.1) is 0 Å². The zero-order chi connectivity index (χ0) is 18.6. The van der Waals surface area contributed by atoms with Crippen LogP contribution in [0.2, 0.25) is 0 Å². The van der Waals surface area contributed by atoms with Gasteiger partial charge in [0.2, 0.25) is 15.9 Å². The fraction of sp³-hybridized carbons (Fsp3) is 0.562. The number of hydrogen-bond donors (Lipinski definition) is 0. The molecule has 0 unspecified atom stereocenters. The van der Waals surface area contributed by atoms with E-state index in [0.717, 1.165) is 12.5 Å². The average Bonchev–Trinajstić information content (AvgIpc) is 2.59. The van der Waals surface area contributed by atoms with Crippen molar-refractivity contribution in [3.63, 3.8) is 0 Å². The van der Waals surface area contributed by atoms with Crippen molar-refractivity contribution in [2.75, 3.05) is 26.2 Å². The van der Waals surface area contributed by atoms with Gasteiger partial charge in [-0.3, -0.25) is 14.9 Å². The van der Waals surface area contributed by atoms with Crippen LogP contribution in [-0.2, 0) is 14.8 Å². The lowest BCUT2D eigenvalue weighted by molar-refractivity contribution is -0.385. The van der Waals surface area contributed by atoms with Gasteiger partial charge in [-0.2, -0.15) is 4.31 Å². The molecule has 1 heterocycles. The summed E-state index contributed by atoms with van der Waals surface area (Å²) in [5, 5.41) is 10.8.